The van der Waals surface area contributed by atoms with Crippen LogP contribution in [0.2, 0.25) is 0 Å². The number of halogens is 3. The topological polar surface area (TPSA) is 32.5 Å². The van der Waals surface area contributed by atoms with Gasteiger partial charge in [0.25, 0.3) is 0 Å². The molecule has 1 atom stereocenters. The maximum atomic E-state index is 12.5. The molecule has 96 valence electrons. The second kappa shape index (κ2) is 4.89. The number of likely N-dealkylation sites (tertiary alicyclic amines) is 1. The van der Waals surface area contributed by atoms with Crippen LogP contribution in [-0.2, 0) is 0 Å². The Balaban J connectivity index is 2.76. The zero-order valence-electron chi connectivity index (χ0n) is 9.85. The van der Waals surface area contributed by atoms with E-state index in [1.165, 1.54) is 4.90 Å². The van der Waals surface area contributed by atoms with Gasteiger partial charge in [-0.1, -0.05) is 6.92 Å². The van der Waals surface area contributed by atoms with E-state index in [0.29, 0.717) is 19.5 Å². The number of rotatable bonds is 4. The molecule has 1 aliphatic rings. The summed E-state index contributed by atoms with van der Waals surface area (Å²) in [6, 6.07) is 0. The number of nitrogens with two attached hydrogens (primary N) is 1. The average Bonchev–Trinajstić information content (AvgIpc) is 2.56. The summed E-state index contributed by atoms with van der Waals surface area (Å²) in [5, 5.41) is 0. The Morgan fingerprint density at radius 1 is 1.44 bits per heavy atom. The number of nitrogens with zero attached hydrogens (tertiary/aromatic N) is 2. The molecule has 1 fully saturated rings. The third-order valence-electron chi connectivity index (χ3n) is 3.33. The molecule has 0 aromatic rings. The lowest BCUT2D eigenvalue weighted by atomic mass is 9.96. The first-order chi connectivity index (χ1) is 7.33. The second-order valence-electron chi connectivity index (χ2n) is 4.55. The highest BCUT2D eigenvalue weighted by Crippen LogP contribution is 2.29. The first-order valence-corrected chi connectivity index (χ1v) is 5.53. The fourth-order valence-electron chi connectivity index (χ4n) is 2.44. The fraction of sp³-hybridized carbons (Fsp3) is 1.00. The minimum Gasteiger partial charge on any atom is -0.329 e. The largest absolute Gasteiger partial charge is 0.401 e. The quantitative estimate of drug-likeness (QED) is 0.791. The Hall–Kier alpha value is -0.330. The Bertz CT molecular complexity index is 232. The molecule has 0 saturated carbocycles. The van der Waals surface area contributed by atoms with Gasteiger partial charge in [-0.3, -0.25) is 4.90 Å². The van der Waals surface area contributed by atoms with Crippen LogP contribution in [0.15, 0.2) is 0 Å². The van der Waals surface area contributed by atoms with Crippen LogP contribution < -0.4 is 5.73 Å². The number of hydrogen-bond acceptors (Lipinski definition) is 3. The first kappa shape index (κ1) is 13.7. The van der Waals surface area contributed by atoms with Crippen LogP contribution >= 0.6 is 0 Å². The van der Waals surface area contributed by atoms with Gasteiger partial charge in [-0.15, -0.1) is 0 Å². The van der Waals surface area contributed by atoms with Crippen LogP contribution in [0.3, 0.4) is 0 Å². The van der Waals surface area contributed by atoms with Crippen molar-refractivity contribution >= 4 is 0 Å². The summed E-state index contributed by atoms with van der Waals surface area (Å²) < 4.78 is 37.4. The lowest BCUT2D eigenvalue weighted by Gasteiger charge is -2.40. The Morgan fingerprint density at radius 3 is 2.38 bits per heavy atom. The minimum atomic E-state index is -4.15. The second-order valence-corrected chi connectivity index (χ2v) is 4.55. The smallest absolute Gasteiger partial charge is 0.329 e. The molecule has 6 heteroatoms. The van der Waals surface area contributed by atoms with E-state index in [4.69, 9.17) is 5.73 Å². The molecule has 0 spiro atoms. The minimum absolute atomic E-state index is 0.279. The molecule has 0 radical (unpaired) electrons. The van der Waals surface area contributed by atoms with Gasteiger partial charge in [0.15, 0.2) is 0 Å². The number of alkyl halides is 3. The van der Waals surface area contributed by atoms with E-state index in [9.17, 15) is 13.2 Å². The molecular weight excluding hydrogens is 219 g/mol. The van der Waals surface area contributed by atoms with Crippen molar-refractivity contribution in [1.82, 2.24) is 9.80 Å². The summed E-state index contributed by atoms with van der Waals surface area (Å²) in [5.74, 6) is 0. The van der Waals surface area contributed by atoms with Crippen LogP contribution in [0.4, 0.5) is 13.2 Å². The summed E-state index contributed by atoms with van der Waals surface area (Å²) >= 11 is 0. The molecule has 3 nitrogen and oxygen atoms in total. The Labute approximate surface area is 94.4 Å². The van der Waals surface area contributed by atoms with Crippen LogP contribution in [-0.4, -0.2) is 61.3 Å². The predicted molar refractivity (Wildman–Crippen MR) is 57.2 cm³/mol. The van der Waals surface area contributed by atoms with Crippen LogP contribution in [0.25, 0.3) is 0 Å². The Kier molecular flexibility index (Phi) is 4.20. The molecule has 1 unspecified atom stereocenters. The van der Waals surface area contributed by atoms with E-state index >= 15 is 0 Å². The van der Waals surface area contributed by atoms with Gasteiger partial charge in [0.05, 0.1) is 6.54 Å². The summed E-state index contributed by atoms with van der Waals surface area (Å²) in [6.07, 6.45) is -3.44. The van der Waals surface area contributed by atoms with Gasteiger partial charge in [-0.05, 0) is 26.6 Å². The molecular formula is C10H20F3N3. The summed E-state index contributed by atoms with van der Waals surface area (Å²) in [5.41, 5.74) is 5.19. The SMILES string of the molecule is CCN(CC(F)(F)F)C1(CN)CCN(C)C1. The molecule has 1 saturated heterocycles. The summed E-state index contributed by atoms with van der Waals surface area (Å²) in [6.45, 7) is 2.97. The highest BCUT2D eigenvalue weighted by atomic mass is 19.4. The molecule has 0 aromatic carbocycles. The van der Waals surface area contributed by atoms with Gasteiger partial charge in [-0.25, -0.2) is 0 Å². The van der Waals surface area contributed by atoms with Crippen molar-refractivity contribution in [3.8, 4) is 0 Å². The maximum absolute atomic E-state index is 12.5. The van der Waals surface area contributed by atoms with Crippen molar-refractivity contribution in [3.63, 3.8) is 0 Å². The van der Waals surface area contributed by atoms with E-state index in [0.717, 1.165) is 6.54 Å². The van der Waals surface area contributed by atoms with E-state index in [1.54, 1.807) is 6.92 Å². The van der Waals surface area contributed by atoms with Gasteiger partial charge in [0.1, 0.15) is 0 Å². The van der Waals surface area contributed by atoms with E-state index in [-0.39, 0.29) is 6.54 Å². The number of hydrogen-bond donors (Lipinski definition) is 1. The molecule has 1 heterocycles. The van der Waals surface area contributed by atoms with Crippen molar-refractivity contribution < 1.29 is 13.2 Å². The van der Waals surface area contributed by atoms with Crippen LogP contribution in [0.5, 0.6) is 0 Å². The van der Waals surface area contributed by atoms with E-state index < -0.39 is 18.3 Å². The van der Waals surface area contributed by atoms with Gasteiger partial charge in [-0.2, -0.15) is 13.2 Å². The highest BCUT2D eigenvalue weighted by Gasteiger charge is 2.44. The predicted octanol–water partition coefficient (Wildman–Crippen LogP) is 0.904. The van der Waals surface area contributed by atoms with Gasteiger partial charge in [0.2, 0.25) is 0 Å². The summed E-state index contributed by atoms with van der Waals surface area (Å²) in [7, 11) is 1.92. The normalized spacial score (nSPS) is 27.9. The summed E-state index contributed by atoms with van der Waals surface area (Å²) in [4.78, 5) is 3.50. The van der Waals surface area contributed by atoms with Gasteiger partial charge >= 0.3 is 6.18 Å². The van der Waals surface area contributed by atoms with Crippen molar-refractivity contribution in [1.29, 1.82) is 0 Å². The van der Waals surface area contributed by atoms with Crippen molar-refractivity contribution in [2.45, 2.75) is 25.1 Å². The molecule has 16 heavy (non-hydrogen) atoms. The van der Waals surface area contributed by atoms with Gasteiger partial charge < -0.3 is 10.6 Å². The van der Waals surface area contributed by atoms with Crippen LogP contribution in [0.1, 0.15) is 13.3 Å². The fourth-order valence-corrected chi connectivity index (χ4v) is 2.44. The standard InChI is InChI=1S/C10H20F3N3/c1-3-16(8-10(11,12)13)9(6-14)4-5-15(2)7-9/h3-8,14H2,1-2H3. The molecule has 2 N–H and O–H groups in total. The van der Waals surface area contributed by atoms with Crippen molar-refractivity contribution in [3.05, 3.63) is 0 Å². The molecule has 1 rings (SSSR count). The third-order valence-corrected chi connectivity index (χ3v) is 3.33. The maximum Gasteiger partial charge on any atom is 0.401 e. The first-order valence-electron chi connectivity index (χ1n) is 5.53. The lowest BCUT2D eigenvalue weighted by molar-refractivity contribution is -0.157. The van der Waals surface area contributed by atoms with Crippen molar-refractivity contribution in [2.75, 3.05) is 39.8 Å². The zero-order valence-corrected chi connectivity index (χ0v) is 9.85. The zero-order chi connectivity index (χ0) is 12.4. The van der Waals surface area contributed by atoms with Crippen molar-refractivity contribution in [2.24, 2.45) is 5.73 Å². The molecule has 0 amide bonds. The third kappa shape index (κ3) is 3.09. The molecule has 1 aliphatic heterocycles. The van der Waals surface area contributed by atoms with Gasteiger partial charge in [0, 0.05) is 18.6 Å². The molecule has 0 aromatic heterocycles. The monoisotopic (exact) mass is 239 g/mol. The molecule has 0 bridgehead atoms. The van der Waals surface area contributed by atoms with E-state index in [1.807, 2.05) is 11.9 Å². The van der Waals surface area contributed by atoms with Crippen LogP contribution in [0, 0.1) is 0 Å². The van der Waals surface area contributed by atoms with E-state index in [2.05, 4.69) is 0 Å². The molecule has 0 aliphatic carbocycles. The highest BCUT2D eigenvalue weighted by molar-refractivity contribution is 4.99. The number of likely N-dealkylation sites (N-methyl/N-ethyl adjacent to an activating group) is 2. The lowest BCUT2D eigenvalue weighted by Crippen LogP contribution is -2.57. The average molecular weight is 239 g/mol. The Morgan fingerprint density at radius 2 is 2.06 bits per heavy atom.